The number of esters is 1. The van der Waals surface area contributed by atoms with Gasteiger partial charge < -0.3 is 23.5 Å². The lowest BCUT2D eigenvalue weighted by Crippen LogP contribution is -2.23. The predicted octanol–water partition coefficient (Wildman–Crippen LogP) is 2.90. The summed E-state index contributed by atoms with van der Waals surface area (Å²) in [6.07, 6.45) is -1.75. The van der Waals surface area contributed by atoms with Crippen LogP contribution in [0.3, 0.4) is 0 Å². The van der Waals surface area contributed by atoms with E-state index in [0.29, 0.717) is 28.9 Å². The summed E-state index contributed by atoms with van der Waals surface area (Å²) in [4.78, 5) is 36.2. The van der Waals surface area contributed by atoms with Gasteiger partial charge in [0.25, 0.3) is 0 Å². The molecule has 2 atom stereocenters. The zero-order valence-electron chi connectivity index (χ0n) is 15.7. The molecule has 8 nitrogen and oxygen atoms in total. The van der Waals surface area contributed by atoms with Gasteiger partial charge in [0.1, 0.15) is 12.4 Å². The van der Waals surface area contributed by atoms with Crippen molar-refractivity contribution in [3.63, 3.8) is 0 Å². The van der Waals surface area contributed by atoms with Gasteiger partial charge in [0.05, 0.1) is 34.1 Å². The molecule has 0 saturated carbocycles. The highest BCUT2D eigenvalue weighted by atomic mass is 16.8. The number of benzene rings is 1. The SMILES string of the molecule is CC(C)(C)C(=O)OCc1cc2c3c(c4n(c3c1)C[C@H]1OC(=O)O[C@@H]41)C(=O)CO2. The highest BCUT2D eigenvalue weighted by Crippen LogP contribution is 2.47. The van der Waals surface area contributed by atoms with Gasteiger partial charge in [0, 0.05) is 0 Å². The van der Waals surface area contributed by atoms with Crippen LogP contribution in [-0.2, 0) is 32.2 Å². The van der Waals surface area contributed by atoms with Gasteiger partial charge in [-0.1, -0.05) is 0 Å². The highest BCUT2D eigenvalue weighted by Gasteiger charge is 2.49. The number of carbonyl (C=O) groups is 3. The minimum absolute atomic E-state index is 0.0868. The second kappa shape index (κ2) is 5.50. The number of rotatable bonds is 2. The van der Waals surface area contributed by atoms with Crippen LogP contribution in [0.2, 0.25) is 0 Å². The Balaban J connectivity index is 1.60. The molecule has 1 fully saturated rings. The molecule has 0 unspecified atom stereocenters. The number of Topliss-reactive ketones (excluding diaryl/α,β-unsaturated/α-hetero) is 1. The quantitative estimate of drug-likeness (QED) is 0.734. The number of aromatic nitrogens is 1. The van der Waals surface area contributed by atoms with Gasteiger partial charge in [-0.3, -0.25) is 9.59 Å². The molecule has 0 bridgehead atoms. The maximum Gasteiger partial charge on any atom is 0.509 e. The topological polar surface area (TPSA) is 93.1 Å². The molecular formula is C20H19NO7. The van der Waals surface area contributed by atoms with E-state index < -0.39 is 23.8 Å². The van der Waals surface area contributed by atoms with Crippen molar-refractivity contribution >= 4 is 28.8 Å². The lowest BCUT2D eigenvalue weighted by molar-refractivity contribution is -0.154. The average molecular weight is 385 g/mol. The van der Waals surface area contributed by atoms with Gasteiger partial charge >= 0.3 is 12.1 Å². The lowest BCUT2D eigenvalue weighted by atomic mass is 9.97. The number of carbonyl (C=O) groups excluding carboxylic acids is 3. The van der Waals surface area contributed by atoms with Gasteiger partial charge in [0.15, 0.2) is 18.8 Å². The largest absolute Gasteiger partial charge is 0.509 e. The molecule has 0 spiro atoms. The van der Waals surface area contributed by atoms with E-state index in [9.17, 15) is 14.4 Å². The van der Waals surface area contributed by atoms with E-state index in [0.717, 1.165) is 11.1 Å². The molecule has 5 rings (SSSR count). The Morgan fingerprint density at radius 3 is 2.79 bits per heavy atom. The first-order valence-corrected chi connectivity index (χ1v) is 9.13. The Kier molecular flexibility index (Phi) is 3.36. The third-order valence-electron chi connectivity index (χ3n) is 5.29. The van der Waals surface area contributed by atoms with Crippen molar-refractivity contribution in [2.24, 2.45) is 5.41 Å². The number of nitrogens with zero attached hydrogens (tertiary/aromatic N) is 1. The van der Waals surface area contributed by atoms with Crippen LogP contribution in [0.25, 0.3) is 10.9 Å². The zero-order valence-corrected chi connectivity index (χ0v) is 15.7. The summed E-state index contributed by atoms with van der Waals surface area (Å²) < 4.78 is 23.5. The Hall–Kier alpha value is -3.03. The van der Waals surface area contributed by atoms with Gasteiger partial charge in [-0.2, -0.15) is 0 Å². The average Bonchev–Trinajstić information content (AvgIpc) is 3.24. The molecular weight excluding hydrogens is 366 g/mol. The molecule has 4 heterocycles. The molecule has 28 heavy (non-hydrogen) atoms. The molecule has 1 saturated heterocycles. The zero-order chi connectivity index (χ0) is 19.8. The summed E-state index contributed by atoms with van der Waals surface area (Å²) in [5.74, 6) is 0.118. The Morgan fingerprint density at radius 2 is 2.04 bits per heavy atom. The fourth-order valence-electron chi connectivity index (χ4n) is 4.00. The van der Waals surface area contributed by atoms with Crippen LogP contribution in [0.15, 0.2) is 12.1 Å². The van der Waals surface area contributed by atoms with Crippen molar-refractivity contribution in [2.45, 2.75) is 46.1 Å². The van der Waals surface area contributed by atoms with E-state index in [1.54, 1.807) is 26.8 Å². The van der Waals surface area contributed by atoms with Crippen LogP contribution in [0.5, 0.6) is 5.75 Å². The summed E-state index contributed by atoms with van der Waals surface area (Å²) >= 11 is 0. The van der Waals surface area contributed by atoms with Crippen molar-refractivity contribution in [3.05, 3.63) is 29.0 Å². The van der Waals surface area contributed by atoms with Crippen LogP contribution in [0.1, 0.15) is 48.5 Å². The summed E-state index contributed by atoms with van der Waals surface area (Å²) in [7, 11) is 0. The molecule has 0 radical (unpaired) electrons. The summed E-state index contributed by atoms with van der Waals surface area (Å²) in [6.45, 7) is 5.80. The summed E-state index contributed by atoms with van der Waals surface area (Å²) in [5, 5.41) is 0.707. The fourth-order valence-corrected chi connectivity index (χ4v) is 4.00. The maximum absolute atomic E-state index is 12.6. The number of fused-ring (bicyclic) bond motifs is 5. The Morgan fingerprint density at radius 1 is 1.25 bits per heavy atom. The minimum atomic E-state index is -0.715. The van der Waals surface area contributed by atoms with E-state index in [2.05, 4.69) is 0 Å². The molecule has 2 aromatic rings. The third kappa shape index (κ3) is 2.33. The fraction of sp³-hybridized carbons (Fsp3) is 0.450. The van der Waals surface area contributed by atoms with E-state index in [-0.39, 0.29) is 25.0 Å². The molecule has 3 aliphatic heterocycles. The minimum Gasteiger partial charge on any atom is -0.485 e. The van der Waals surface area contributed by atoms with Gasteiger partial charge in [-0.05, 0) is 38.5 Å². The van der Waals surface area contributed by atoms with E-state index in [4.69, 9.17) is 18.9 Å². The Bertz CT molecular complexity index is 1060. The van der Waals surface area contributed by atoms with Crippen LogP contribution >= 0.6 is 0 Å². The molecule has 0 N–H and O–H groups in total. The van der Waals surface area contributed by atoms with Crippen molar-refractivity contribution in [2.75, 3.05) is 6.61 Å². The van der Waals surface area contributed by atoms with Crippen LogP contribution in [0.4, 0.5) is 4.79 Å². The number of hydrogen-bond donors (Lipinski definition) is 0. The highest BCUT2D eigenvalue weighted by molar-refractivity contribution is 6.14. The first-order chi connectivity index (χ1) is 13.2. The molecule has 1 aromatic heterocycles. The van der Waals surface area contributed by atoms with Crippen LogP contribution in [0, 0.1) is 5.41 Å². The van der Waals surface area contributed by atoms with E-state index >= 15 is 0 Å². The summed E-state index contributed by atoms with van der Waals surface area (Å²) in [6, 6.07) is 3.67. The lowest BCUT2D eigenvalue weighted by Gasteiger charge is -2.18. The molecule has 3 aliphatic rings. The second-order valence-electron chi connectivity index (χ2n) is 8.34. The Labute approximate surface area is 160 Å². The maximum atomic E-state index is 12.6. The van der Waals surface area contributed by atoms with Gasteiger partial charge in [-0.25, -0.2) is 4.79 Å². The van der Waals surface area contributed by atoms with E-state index in [1.165, 1.54) is 0 Å². The summed E-state index contributed by atoms with van der Waals surface area (Å²) in [5.41, 5.74) is 2.14. The third-order valence-corrected chi connectivity index (χ3v) is 5.29. The van der Waals surface area contributed by atoms with Crippen molar-refractivity contribution in [1.29, 1.82) is 0 Å². The van der Waals surface area contributed by atoms with Crippen LogP contribution in [-0.4, -0.2) is 35.2 Å². The first kappa shape index (κ1) is 17.1. The second-order valence-corrected chi connectivity index (χ2v) is 8.34. The first-order valence-electron chi connectivity index (χ1n) is 9.13. The molecule has 0 amide bonds. The van der Waals surface area contributed by atoms with Gasteiger partial charge in [-0.15, -0.1) is 0 Å². The normalized spacial score (nSPS) is 22.4. The van der Waals surface area contributed by atoms with Gasteiger partial charge in [0.2, 0.25) is 5.78 Å². The number of ether oxygens (including phenoxy) is 4. The van der Waals surface area contributed by atoms with Crippen LogP contribution < -0.4 is 4.74 Å². The molecule has 8 heteroatoms. The molecule has 1 aromatic carbocycles. The number of ketones is 1. The molecule has 146 valence electrons. The molecule has 0 aliphatic carbocycles. The smallest absolute Gasteiger partial charge is 0.485 e. The standard InChI is InChI=1S/C20H19NO7/c1-20(2,3)18(23)26-7-9-4-10-14-12(5-9)25-8-11(22)15(14)16-17-13(6-21(10)16)27-19(24)28-17/h4-5,13,17H,6-8H2,1-3H3/t13-,17-/m1/s1. The van der Waals surface area contributed by atoms with Crippen molar-refractivity contribution < 1.29 is 33.3 Å². The van der Waals surface area contributed by atoms with Crippen molar-refractivity contribution in [3.8, 4) is 5.75 Å². The number of hydrogen-bond acceptors (Lipinski definition) is 7. The predicted molar refractivity (Wildman–Crippen MR) is 95.1 cm³/mol. The monoisotopic (exact) mass is 385 g/mol. The van der Waals surface area contributed by atoms with Crippen molar-refractivity contribution in [1.82, 2.24) is 4.57 Å². The van der Waals surface area contributed by atoms with E-state index in [1.807, 2.05) is 10.6 Å².